The van der Waals surface area contributed by atoms with E-state index in [0.717, 1.165) is 31.6 Å². The second kappa shape index (κ2) is 11.8. The van der Waals surface area contributed by atoms with Gasteiger partial charge in [0.2, 0.25) is 0 Å². The number of nitrogens with one attached hydrogen (secondary N) is 2. The van der Waals surface area contributed by atoms with Gasteiger partial charge in [0.15, 0.2) is 0 Å². The third kappa shape index (κ3) is 5.48. The molecule has 1 aromatic heterocycles. The maximum atomic E-state index is 8.16. The molecule has 2 aromatic rings. The quantitative estimate of drug-likeness (QED) is 0.376. The van der Waals surface area contributed by atoms with E-state index in [-0.39, 0.29) is 0 Å². The number of nitrogens with two attached hydrogens (primary N) is 1. The Balaban J connectivity index is 0.00000149. The van der Waals surface area contributed by atoms with E-state index < -0.39 is 0 Å². The maximum absolute atomic E-state index is 8.16. The van der Waals surface area contributed by atoms with E-state index in [2.05, 4.69) is 59.8 Å². The lowest BCUT2D eigenvalue weighted by molar-refractivity contribution is -0.0712. The maximum Gasteiger partial charge on any atom is 0.0645 e. The summed E-state index contributed by atoms with van der Waals surface area (Å²) in [6.45, 7) is 12.6. The summed E-state index contributed by atoms with van der Waals surface area (Å²) in [4.78, 5) is 6.31. The van der Waals surface area contributed by atoms with Crippen LogP contribution in [0.2, 0.25) is 0 Å². The first-order valence-electron chi connectivity index (χ1n) is 12.5. The first kappa shape index (κ1) is 25.4. The van der Waals surface area contributed by atoms with Crippen LogP contribution in [0.4, 0.5) is 0 Å². The molecule has 0 atom stereocenters. The summed E-state index contributed by atoms with van der Waals surface area (Å²) in [6.07, 6.45) is 8.56. The zero-order valence-corrected chi connectivity index (χ0v) is 21.1. The molecular formula is C28H42N4O. The van der Waals surface area contributed by atoms with Crippen molar-refractivity contribution in [3.05, 3.63) is 52.7 Å². The Bertz CT molecular complexity index is 1000. The van der Waals surface area contributed by atoms with Gasteiger partial charge in [0.05, 0.1) is 19.3 Å². The van der Waals surface area contributed by atoms with Crippen molar-refractivity contribution in [1.29, 1.82) is 5.41 Å². The summed E-state index contributed by atoms with van der Waals surface area (Å²) in [5.74, 6) is 0.651. The predicted molar refractivity (Wildman–Crippen MR) is 141 cm³/mol. The van der Waals surface area contributed by atoms with Gasteiger partial charge in [-0.1, -0.05) is 26.0 Å². The summed E-state index contributed by atoms with van der Waals surface area (Å²) in [7, 11) is 1.50. The molecule has 0 spiro atoms. The van der Waals surface area contributed by atoms with Gasteiger partial charge in [-0.05, 0) is 106 Å². The van der Waals surface area contributed by atoms with Crippen LogP contribution in [0.15, 0.2) is 35.9 Å². The summed E-state index contributed by atoms with van der Waals surface area (Å²) >= 11 is 0. The minimum atomic E-state index is 0.651. The standard InChI is InChI=1S/C27H37N3O.CH5N/c1-5-19(14-18(4)25(28)7-3)27-23(6-2)24-15-21(8-9-26(24)29-27)20-10-12-30(13-11-20)22-16-31-17-22;1-2/h5,8-9,14-15,20,22,28-29H,6-7,10-13,16-17H2,1-4H3;2H2,1H3/b18-14-,19-5+,28-25?;. The second-order valence-electron chi connectivity index (χ2n) is 9.04. The Labute approximate surface area is 199 Å². The van der Waals surface area contributed by atoms with E-state index in [1.807, 2.05) is 13.8 Å². The number of hydrogen-bond donors (Lipinski definition) is 3. The fourth-order valence-corrected chi connectivity index (χ4v) is 5.06. The molecule has 0 bridgehead atoms. The second-order valence-corrected chi connectivity index (χ2v) is 9.04. The summed E-state index contributed by atoms with van der Waals surface area (Å²) in [6, 6.07) is 7.71. The zero-order chi connectivity index (χ0) is 24.0. The molecule has 0 saturated carbocycles. The van der Waals surface area contributed by atoms with Gasteiger partial charge in [0.25, 0.3) is 0 Å². The number of fused-ring (bicyclic) bond motifs is 1. The molecule has 3 heterocycles. The molecule has 5 heteroatoms. The van der Waals surface area contributed by atoms with Crippen LogP contribution in [-0.4, -0.2) is 55.0 Å². The molecule has 0 unspecified atom stereocenters. The van der Waals surface area contributed by atoms with Gasteiger partial charge < -0.3 is 20.9 Å². The van der Waals surface area contributed by atoms with E-state index in [9.17, 15) is 0 Å². The summed E-state index contributed by atoms with van der Waals surface area (Å²) in [5, 5.41) is 9.52. The molecule has 0 aliphatic carbocycles. The van der Waals surface area contributed by atoms with Crippen LogP contribution in [0.5, 0.6) is 0 Å². The number of aromatic nitrogens is 1. The third-order valence-electron chi connectivity index (χ3n) is 7.22. The van der Waals surface area contributed by atoms with Crippen molar-refractivity contribution >= 4 is 22.2 Å². The molecular weight excluding hydrogens is 408 g/mol. The molecule has 2 aliphatic heterocycles. The fourth-order valence-electron chi connectivity index (χ4n) is 5.06. The van der Waals surface area contributed by atoms with E-state index in [4.69, 9.17) is 10.1 Å². The van der Waals surface area contributed by atoms with E-state index in [1.54, 1.807) is 0 Å². The highest BCUT2D eigenvalue weighted by Crippen LogP contribution is 2.35. The highest BCUT2D eigenvalue weighted by molar-refractivity contribution is 6.00. The first-order chi connectivity index (χ1) is 16.0. The monoisotopic (exact) mass is 450 g/mol. The number of allylic oxidation sites excluding steroid dienone is 4. The van der Waals surface area contributed by atoms with Crippen LogP contribution < -0.4 is 5.73 Å². The highest BCUT2D eigenvalue weighted by atomic mass is 16.5. The number of benzene rings is 1. The molecule has 4 N–H and O–H groups in total. The first-order valence-corrected chi connectivity index (χ1v) is 12.5. The number of aryl methyl sites for hydroxylation is 1. The number of piperidine rings is 1. The minimum Gasteiger partial charge on any atom is -0.378 e. The van der Waals surface area contributed by atoms with Gasteiger partial charge in [0, 0.05) is 22.3 Å². The van der Waals surface area contributed by atoms with Gasteiger partial charge in [0.1, 0.15) is 0 Å². The largest absolute Gasteiger partial charge is 0.378 e. The van der Waals surface area contributed by atoms with Crippen molar-refractivity contribution in [3.63, 3.8) is 0 Å². The minimum absolute atomic E-state index is 0.651. The van der Waals surface area contributed by atoms with Gasteiger partial charge in [-0.25, -0.2) is 0 Å². The molecule has 2 aliphatic rings. The molecule has 5 nitrogen and oxygen atoms in total. The van der Waals surface area contributed by atoms with Crippen LogP contribution in [0, 0.1) is 5.41 Å². The van der Waals surface area contributed by atoms with Crippen LogP contribution in [0.1, 0.15) is 69.7 Å². The third-order valence-corrected chi connectivity index (χ3v) is 7.22. The van der Waals surface area contributed by atoms with E-state index in [1.165, 1.54) is 66.3 Å². The Morgan fingerprint density at radius 1 is 1.21 bits per heavy atom. The smallest absolute Gasteiger partial charge is 0.0645 e. The topological polar surface area (TPSA) is 78.1 Å². The molecule has 0 amide bonds. The van der Waals surface area contributed by atoms with Crippen molar-refractivity contribution in [2.75, 3.05) is 33.4 Å². The summed E-state index contributed by atoms with van der Waals surface area (Å²) in [5.41, 5.74) is 12.7. The van der Waals surface area contributed by atoms with E-state index >= 15 is 0 Å². The highest BCUT2D eigenvalue weighted by Gasteiger charge is 2.30. The number of ether oxygens (including phenoxy) is 1. The lowest BCUT2D eigenvalue weighted by Gasteiger charge is -2.41. The number of hydrogen-bond acceptors (Lipinski definition) is 4. The van der Waals surface area contributed by atoms with Crippen molar-refractivity contribution in [3.8, 4) is 0 Å². The van der Waals surface area contributed by atoms with Crippen molar-refractivity contribution < 1.29 is 4.74 Å². The molecule has 2 fully saturated rings. The molecule has 2 saturated heterocycles. The van der Waals surface area contributed by atoms with Crippen LogP contribution in [0.25, 0.3) is 16.5 Å². The zero-order valence-electron chi connectivity index (χ0n) is 21.1. The molecule has 1 aromatic carbocycles. The van der Waals surface area contributed by atoms with Gasteiger partial charge in [-0.3, -0.25) is 4.90 Å². The average Bonchev–Trinajstić information content (AvgIpc) is 3.20. The Morgan fingerprint density at radius 3 is 2.45 bits per heavy atom. The Hall–Kier alpha value is -2.21. The van der Waals surface area contributed by atoms with Crippen molar-refractivity contribution in [2.45, 2.75) is 65.3 Å². The number of aromatic amines is 1. The van der Waals surface area contributed by atoms with Gasteiger partial charge in [-0.15, -0.1) is 0 Å². The lowest BCUT2D eigenvalue weighted by Crippen LogP contribution is -2.51. The fraction of sp³-hybridized carbons (Fsp3) is 0.536. The summed E-state index contributed by atoms with van der Waals surface area (Å²) < 4.78 is 5.38. The lowest BCUT2D eigenvalue weighted by atomic mass is 9.87. The van der Waals surface area contributed by atoms with Crippen LogP contribution in [-0.2, 0) is 11.2 Å². The van der Waals surface area contributed by atoms with Crippen LogP contribution in [0.3, 0.4) is 0 Å². The normalized spacial score (nSPS) is 18.7. The van der Waals surface area contributed by atoms with Crippen LogP contribution >= 0.6 is 0 Å². The SMILES string of the molecule is C/C=C(\C=C(\C)C(=N)CC)c1[nH]c2ccc(C3CCN(C4COC4)CC3)cc2c1CC.CN. The van der Waals surface area contributed by atoms with Gasteiger partial charge in [-0.2, -0.15) is 0 Å². The number of H-pyrrole nitrogens is 1. The van der Waals surface area contributed by atoms with Crippen molar-refractivity contribution in [2.24, 2.45) is 5.73 Å². The van der Waals surface area contributed by atoms with Crippen molar-refractivity contribution in [1.82, 2.24) is 9.88 Å². The Kier molecular flexibility index (Phi) is 9.07. The molecule has 4 rings (SSSR count). The molecule has 180 valence electrons. The molecule has 0 radical (unpaired) electrons. The van der Waals surface area contributed by atoms with E-state index in [0.29, 0.717) is 17.7 Å². The average molecular weight is 451 g/mol. The number of nitrogens with zero attached hydrogens (tertiary/aromatic N) is 1. The van der Waals surface area contributed by atoms with Gasteiger partial charge >= 0.3 is 0 Å². The predicted octanol–water partition coefficient (Wildman–Crippen LogP) is 5.66. The Morgan fingerprint density at radius 2 is 1.91 bits per heavy atom. The number of likely N-dealkylation sites (tertiary alicyclic amines) is 1. The number of rotatable bonds is 7. The molecule has 33 heavy (non-hydrogen) atoms.